The van der Waals surface area contributed by atoms with Crippen molar-refractivity contribution < 1.29 is 4.79 Å². The van der Waals surface area contributed by atoms with Gasteiger partial charge in [0.1, 0.15) is 0 Å². The molecule has 0 aromatic carbocycles. The van der Waals surface area contributed by atoms with Crippen LogP contribution in [0, 0.1) is 6.92 Å². The molecule has 2 heterocycles. The lowest BCUT2D eigenvalue weighted by Gasteiger charge is -2.05. The number of hydrogen-bond acceptors (Lipinski definition) is 4. The van der Waals surface area contributed by atoms with E-state index in [4.69, 9.17) is 0 Å². The number of hydrogen-bond donors (Lipinski definition) is 0. The van der Waals surface area contributed by atoms with Crippen LogP contribution in [0.4, 0.5) is 0 Å². The molecule has 3 nitrogen and oxygen atoms in total. The average molecular weight is 258 g/mol. The molecule has 1 aliphatic carbocycles. The molecule has 0 fully saturated rings. The van der Waals surface area contributed by atoms with Gasteiger partial charge in [0.25, 0.3) is 0 Å². The summed E-state index contributed by atoms with van der Waals surface area (Å²) in [6.07, 6.45) is 5.23. The van der Waals surface area contributed by atoms with Crippen LogP contribution in [-0.2, 0) is 6.42 Å². The molecule has 18 heavy (non-hydrogen) atoms. The maximum Gasteiger partial charge on any atom is 0.166 e. The largest absolute Gasteiger partial charge is 0.294 e. The third-order valence-corrected chi connectivity index (χ3v) is 4.19. The summed E-state index contributed by atoms with van der Waals surface area (Å²) >= 11 is 1.66. The van der Waals surface area contributed by atoms with Gasteiger partial charge in [-0.25, -0.2) is 9.97 Å². The molecule has 0 spiro atoms. The summed E-state index contributed by atoms with van der Waals surface area (Å²) in [5.41, 5.74) is 3.93. The topological polar surface area (TPSA) is 42.9 Å². The summed E-state index contributed by atoms with van der Waals surface area (Å²) in [5.74, 6) is 0.943. The summed E-state index contributed by atoms with van der Waals surface area (Å²) in [6.45, 7) is 2.06. The molecular weight excluding hydrogens is 244 g/mol. The number of fused-ring (bicyclic) bond motifs is 1. The molecule has 3 rings (SSSR count). The highest BCUT2D eigenvalue weighted by Crippen LogP contribution is 2.26. The number of aromatic nitrogens is 2. The first-order chi connectivity index (χ1) is 8.75. The number of rotatable bonds is 1. The van der Waals surface area contributed by atoms with Crippen LogP contribution in [0.5, 0.6) is 0 Å². The first-order valence-corrected chi connectivity index (χ1v) is 7.12. The Labute approximate surface area is 110 Å². The van der Waals surface area contributed by atoms with E-state index in [9.17, 15) is 4.79 Å². The van der Waals surface area contributed by atoms with Crippen LogP contribution in [0.25, 0.3) is 11.4 Å². The summed E-state index contributed by atoms with van der Waals surface area (Å²) in [5, 5.41) is 4.16. The Morgan fingerprint density at radius 1 is 1.17 bits per heavy atom. The van der Waals surface area contributed by atoms with Crippen LogP contribution in [0.3, 0.4) is 0 Å². The van der Waals surface area contributed by atoms with Gasteiger partial charge in [0, 0.05) is 23.6 Å². The van der Waals surface area contributed by atoms with E-state index in [1.165, 1.54) is 5.56 Å². The Morgan fingerprint density at radius 2 is 2.00 bits per heavy atom. The van der Waals surface area contributed by atoms with Crippen molar-refractivity contribution in [1.29, 1.82) is 0 Å². The van der Waals surface area contributed by atoms with Crippen molar-refractivity contribution in [3.8, 4) is 11.4 Å². The van der Waals surface area contributed by atoms with Crippen molar-refractivity contribution in [3.05, 3.63) is 33.8 Å². The lowest BCUT2D eigenvalue weighted by atomic mass is 10.1. The fourth-order valence-corrected chi connectivity index (χ4v) is 3.10. The van der Waals surface area contributed by atoms with E-state index in [0.29, 0.717) is 6.42 Å². The van der Waals surface area contributed by atoms with Gasteiger partial charge in [0.15, 0.2) is 11.6 Å². The molecule has 0 radical (unpaired) electrons. The molecule has 0 atom stereocenters. The molecular formula is C14H14N2OS. The quantitative estimate of drug-likeness (QED) is 0.736. The van der Waals surface area contributed by atoms with Crippen LogP contribution in [-0.4, -0.2) is 15.8 Å². The summed E-state index contributed by atoms with van der Waals surface area (Å²) in [6, 6.07) is 0. The summed E-state index contributed by atoms with van der Waals surface area (Å²) in [7, 11) is 0. The molecule has 2 aromatic heterocycles. The van der Waals surface area contributed by atoms with Gasteiger partial charge in [-0.1, -0.05) is 0 Å². The zero-order chi connectivity index (χ0) is 12.5. The molecule has 1 aliphatic rings. The van der Waals surface area contributed by atoms with Crippen LogP contribution in [0.2, 0.25) is 0 Å². The van der Waals surface area contributed by atoms with Crippen molar-refractivity contribution in [3.63, 3.8) is 0 Å². The summed E-state index contributed by atoms with van der Waals surface area (Å²) < 4.78 is 0. The van der Waals surface area contributed by atoms with Crippen LogP contribution < -0.4 is 0 Å². The number of Topliss-reactive ketones (excluding diaryl/α,β-unsaturated/α-hetero) is 1. The Kier molecular flexibility index (Phi) is 2.96. The highest BCUT2D eigenvalue weighted by Gasteiger charge is 2.18. The second-order valence-electron chi connectivity index (χ2n) is 4.65. The van der Waals surface area contributed by atoms with Crippen LogP contribution in [0.1, 0.15) is 40.9 Å². The number of nitrogens with zero attached hydrogens (tertiary/aromatic N) is 2. The smallest absolute Gasteiger partial charge is 0.166 e. The standard InChI is InChI=1S/C14H14N2OS/c1-9-7-18-8-11(9)14-15-6-10-12(16-14)4-2-3-5-13(10)17/h6-8H,2-5H2,1H3. The van der Waals surface area contributed by atoms with Crippen molar-refractivity contribution in [2.45, 2.75) is 32.6 Å². The van der Waals surface area contributed by atoms with Gasteiger partial charge in [-0.3, -0.25) is 4.79 Å². The van der Waals surface area contributed by atoms with Crippen molar-refractivity contribution in [2.75, 3.05) is 0 Å². The molecule has 92 valence electrons. The molecule has 0 amide bonds. The number of carbonyl (C=O) groups is 1. The molecule has 0 bridgehead atoms. The number of ketones is 1. The van der Waals surface area contributed by atoms with Crippen LogP contribution in [0.15, 0.2) is 17.0 Å². The lowest BCUT2D eigenvalue weighted by Crippen LogP contribution is -2.05. The van der Waals surface area contributed by atoms with Gasteiger partial charge in [0.05, 0.1) is 11.3 Å². The normalized spacial score (nSPS) is 15.3. The summed E-state index contributed by atoms with van der Waals surface area (Å²) in [4.78, 5) is 20.9. The highest BCUT2D eigenvalue weighted by atomic mass is 32.1. The minimum absolute atomic E-state index is 0.191. The fraction of sp³-hybridized carbons (Fsp3) is 0.357. The minimum atomic E-state index is 0.191. The van der Waals surface area contributed by atoms with Crippen molar-refractivity contribution in [1.82, 2.24) is 9.97 Å². The molecule has 0 unspecified atom stereocenters. The Hall–Kier alpha value is -1.55. The Bertz CT molecular complexity index is 604. The molecule has 0 N–H and O–H groups in total. The fourth-order valence-electron chi connectivity index (χ4n) is 2.27. The van der Waals surface area contributed by atoms with Crippen molar-refractivity contribution in [2.24, 2.45) is 0 Å². The Balaban J connectivity index is 2.08. The van der Waals surface area contributed by atoms with Gasteiger partial charge in [0.2, 0.25) is 0 Å². The third kappa shape index (κ3) is 1.97. The molecule has 2 aromatic rings. The number of carbonyl (C=O) groups excluding carboxylic acids is 1. The van der Waals surface area contributed by atoms with Gasteiger partial charge in [-0.15, -0.1) is 0 Å². The Morgan fingerprint density at radius 3 is 2.78 bits per heavy atom. The maximum absolute atomic E-state index is 11.9. The number of thiophene rings is 1. The van der Waals surface area contributed by atoms with E-state index in [0.717, 1.165) is 41.9 Å². The highest BCUT2D eigenvalue weighted by molar-refractivity contribution is 7.08. The van der Waals surface area contributed by atoms with Crippen LogP contribution >= 0.6 is 11.3 Å². The van der Waals surface area contributed by atoms with E-state index in [1.54, 1.807) is 17.5 Å². The van der Waals surface area contributed by atoms with Crippen molar-refractivity contribution >= 4 is 17.1 Å². The van der Waals surface area contributed by atoms with Gasteiger partial charge < -0.3 is 0 Å². The zero-order valence-corrected chi connectivity index (χ0v) is 11.1. The SMILES string of the molecule is Cc1cscc1-c1ncc2c(n1)CCCCC2=O. The first-order valence-electron chi connectivity index (χ1n) is 6.18. The molecule has 4 heteroatoms. The van der Waals surface area contributed by atoms with E-state index in [2.05, 4.69) is 27.7 Å². The predicted molar refractivity (Wildman–Crippen MR) is 72.0 cm³/mol. The first kappa shape index (κ1) is 11.5. The van der Waals surface area contributed by atoms with E-state index in [-0.39, 0.29) is 5.78 Å². The molecule has 0 saturated carbocycles. The van der Waals surface area contributed by atoms with E-state index < -0.39 is 0 Å². The second-order valence-corrected chi connectivity index (χ2v) is 5.40. The monoisotopic (exact) mass is 258 g/mol. The van der Waals surface area contributed by atoms with E-state index in [1.807, 2.05) is 0 Å². The van der Waals surface area contributed by atoms with Gasteiger partial charge in [-0.2, -0.15) is 11.3 Å². The maximum atomic E-state index is 11.9. The zero-order valence-electron chi connectivity index (χ0n) is 10.3. The molecule has 0 aliphatic heterocycles. The molecule has 0 saturated heterocycles. The van der Waals surface area contributed by atoms with Gasteiger partial charge in [-0.05, 0) is 37.1 Å². The lowest BCUT2D eigenvalue weighted by molar-refractivity contribution is 0.0981. The van der Waals surface area contributed by atoms with E-state index >= 15 is 0 Å². The predicted octanol–water partition coefficient (Wildman–Crippen LogP) is 3.42. The average Bonchev–Trinajstić information content (AvgIpc) is 2.71. The minimum Gasteiger partial charge on any atom is -0.294 e. The third-order valence-electron chi connectivity index (χ3n) is 3.33. The second kappa shape index (κ2) is 4.61. The number of aryl methyl sites for hydroxylation is 2. The van der Waals surface area contributed by atoms with Gasteiger partial charge >= 0.3 is 0 Å².